The van der Waals surface area contributed by atoms with Gasteiger partial charge in [-0.3, -0.25) is 0 Å². The largest absolute Gasteiger partial charge is 0.376 e. The van der Waals surface area contributed by atoms with E-state index in [2.05, 4.69) is 21.8 Å². The van der Waals surface area contributed by atoms with Crippen molar-refractivity contribution in [3.05, 3.63) is 12.4 Å². The Balaban J connectivity index is 1.63. The van der Waals surface area contributed by atoms with Crippen molar-refractivity contribution in [1.29, 1.82) is 0 Å². The first kappa shape index (κ1) is 13.4. The lowest BCUT2D eigenvalue weighted by Crippen LogP contribution is -2.21. The van der Waals surface area contributed by atoms with Crippen LogP contribution in [0.1, 0.15) is 45.4 Å². The average molecular weight is 251 g/mol. The predicted octanol–water partition coefficient (Wildman–Crippen LogP) is 3.05. The summed E-state index contributed by atoms with van der Waals surface area (Å²) in [6, 6.07) is 0. The van der Waals surface area contributed by atoms with Crippen molar-refractivity contribution >= 4 is 5.95 Å². The minimum absolute atomic E-state index is 0.496. The number of aromatic nitrogens is 2. The molecule has 1 aliphatic rings. The molecule has 1 aromatic heterocycles. The molecule has 0 saturated heterocycles. The standard InChI is InChI=1S/C14H25N3O/c1-2-10-17-11-8-15-14(17)16-9-12-18-13-6-4-3-5-7-13/h8,11,13H,2-7,9-10,12H2,1H3,(H,15,16). The van der Waals surface area contributed by atoms with E-state index in [1.807, 2.05) is 12.4 Å². The van der Waals surface area contributed by atoms with Crippen LogP contribution in [-0.4, -0.2) is 28.8 Å². The lowest BCUT2D eigenvalue weighted by atomic mass is 9.98. The third-order valence-electron chi connectivity index (χ3n) is 3.47. The molecule has 0 aromatic carbocycles. The first-order chi connectivity index (χ1) is 8.90. The van der Waals surface area contributed by atoms with Gasteiger partial charge in [0.15, 0.2) is 0 Å². The number of ether oxygens (including phenoxy) is 1. The Bertz CT molecular complexity index is 332. The second-order valence-corrected chi connectivity index (χ2v) is 5.00. The van der Waals surface area contributed by atoms with E-state index in [1.54, 1.807) is 0 Å². The van der Waals surface area contributed by atoms with Crippen LogP contribution in [0, 0.1) is 0 Å². The molecule has 4 heteroatoms. The Kier molecular flexibility index (Phi) is 5.52. The molecule has 1 aliphatic carbocycles. The van der Waals surface area contributed by atoms with Crippen molar-refractivity contribution in [2.45, 2.75) is 58.1 Å². The first-order valence-corrected chi connectivity index (χ1v) is 7.26. The second kappa shape index (κ2) is 7.41. The third kappa shape index (κ3) is 4.02. The monoisotopic (exact) mass is 251 g/mol. The number of hydrogen-bond acceptors (Lipinski definition) is 3. The van der Waals surface area contributed by atoms with E-state index in [4.69, 9.17) is 4.74 Å². The molecule has 0 aliphatic heterocycles. The van der Waals surface area contributed by atoms with Crippen molar-refractivity contribution < 1.29 is 4.74 Å². The van der Waals surface area contributed by atoms with Crippen molar-refractivity contribution in [3.8, 4) is 0 Å². The Morgan fingerprint density at radius 1 is 1.39 bits per heavy atom. The Hall–Kier alpha value is -1.03. The molecule has 1 fully saturated rings. The maximum absolute atomic E-state index is 5.88. The third-order valence-corrected chi connectivity index (χ3v) is 3.47. The van der Waals surface area contributed by atoms with Crippen molar-refractivity contribution in [2.75, 3.05) is 18.5 Å². The van der Waals surface area contributed by atoms with Crippen molar-refractivity contribution in [2.24, 2.45) is 0 Å². The van der Waals surface area contributed by atoms with Crippen molar-refractivity contribution in [1.82, 2.24) is 9.55 Å². The SMILES string of the molecule is CCCn1ccnc1NCCOC1CCCCC1. The highest BCUT2D eigenvalue weighted by Gasteiger charge is 2.13. The van der Waals surface area contributed by atoms with Crippen LogP contribution in [0.5, 0.6) is 0 Å². The van der Waals surface area contributed by atoms with Crippen LogP contribution < -0.4 is 5.32 Å². The van der Waals surface area contributed by atoms with Crippen LogP contribution in [0.4, 0.5) is 5.95 Å². The summed E-state index contributed by atoms with van der Waals surface area (Å²) in [6.07, 6.45) is 12.0. The van der Waals surface area contributed by atoms with Gasteiger partial charge in [0.1, 0.15) is 0 Å². The maximum Gasteiger partial charge on any atom is 0.202 e. The van der Waals surface area contributed by atoms with Gasteiger partial charge < -0.3 is 14.6 Å². The molecule has 0 atom stereocenters. The summed E-state index contributed by atoms with van der Waals surface area (Å²) in [4.78, 5) is 4.32. The molecule has 1 N–H and O–H groups in total. The number of anilines is 1. The molecular weight excluding hydrogens is 226 g/mol. The molecule has 0 unspecified atom stereocenters. The van der Waals surface area contributed by atoms with Crippen LogP contribution in [-0.2, 0) is 11.3 Å². The minimum atomic E-state index is 0.496. The molecular formula is C14H25N3O. The lowest BCUT2D eigenvalue weighted by Gasteiger charge is -2.22. The highest BCUT2D eigenvalue weighted by atomic mass is 16.5. The fraction of sp³-hybridized carbons (Fsp3) is 0.786. The summed E-state index contributed by atoms with van der Waals surface area (Å²) in [7, 11) is 0. The summed E-state index contributed by atoms with van der Waals surface area (Å²) in [6.45, 7) is 4.82. The van der Waals surface area contributed by atoms with Crippen LogP contribution in [0.3, 0.4) is 0 Å². The fourth-order valence-corrected chi connectivity index (χ4v) is 2.52. The molecule has 18 heavy (non-hydrogen) atoms. The molecule has 1 heterocycles. The summed E-state index contributed by atoms with van der Waals surface area (Å²) in [5, 5.41) is 3.34. The number of nitrogens with one attached hydrogen (secondary N) is 1. The second-order valence-electron chi connectivity index (χ2n) is 5.00. The van der Waals surface area contributed by atoms with Crippen LogP contribution >= 0.6 is 0 Å². The number of aryl methyl sites for hydroxylation is 1. The van der Waals surface area contributed by atoms with E-state index in [9.17, 15) is 0 Å². The topological polar surface area (TPSA) is 39.1 Å². The molecule has 102 valence electrons. The summed E-state index contributed by atoms with van der Waals surface area (Å²) in [5.74, 6) is 0.962. The van der Waals surface area contributed by atoms with Crippen molar-refractivity contribution in [3.63, 3.8) is 0 Å². The molecule has 1 saturated carbocycles. The van der Waals surface area contributed by atoms with E-state index in [1.165, 1.54) is 32.1 Å². The molecule has 0 spiro atoms. The molecule has 4 nitrogen and oxygen atoms in total. The number of hydrogen-bond donors (Lipinski definition) is 1. The molecule has 0 radical (unpaired) electrons. The Morgan fingerprint density at radius 2 is 2.22 bits per heavy atom. The van der Waals surface area contributed by atoms with Gasteiger partial charge >= 0.3 is 0 Å². The quantitative estimate of drug-likeness (QED) is 0.757. The van der Waals surface area contributed by atoms with Crippen LogP contribution in [0.25, 0.3) is 0 Å². The van der Waals surface area contributed by atoms with Gasteiger partial charge in [0.25, 0.3) is 0 Å². The zero-order valence-corrected chi connectivity index (χ0v) is 11.4. The van der Waals surface area contributed by atoms with Crippen LogP contribution in [0.2, 0.25) is 0 Å². The van der Waals surface area contributed by atoms with E-state index in [0.29, 0.717) is 6.10 Å². The number of rotatable bonds is 7. The maximum atomic E-state index is 5.88. The Labute approximate surface area is 110 Å². The lowest BCUT2D eigenvalue weighted by molar-refractivity contribution is 0.0347. The predicted molar refractivity (Wildman–Crippen MR) is 73.8 cm³/mol. The van der Waals surface area contributed by atoms with Gasteiger partial charge in [-0.2, -0.15) is 0 Å². The van der Waals surface area contributed by atoms with Gasteiger partial charge in [0.2, 0.25) is 5.95 Å². The molecule has 2 rings (SSSR count). The normalized spacial score (nSPS) is 16.9. The highest BCUT2D eigenvalue weighted by Crippen LogP contribution is 2.19. The number of imidazole rings is 1. The van der Waals surface area contributed by atoms with Gasteiger partial charge in [-0.25, -0.2) is 4.98 Å². The molecule has 0 amide bonds. The smallest absolute Gasteiger partial charge is 0.202 e. The van der Waals surface area contributed by atoms with E-state index >= 15 is 0 Å². The first-order valence-electron chi connectivity index (χ1n) is 7.26. The minimum Gasteiger partial charge on any atom is -0.376 e. The Morgan fingerprint density at radius 3 is 3.00 bits per heavy atom. The van der Waals surface area contributed by atoms with Gasteiger partial charge in [0, 0.05) is 25.5 Å². The van der Waals surface area contributed by atoms with Crippen LogP contribution in [0.15, 0.2) is 12.4 Å². The zero-order valence-electron chi connectivity index (χ0n) is 11.4. The van der Waals surface area contributed by atoms with Gasteiger partial charge in [-0.15, -0.1) is 0 Å². The summed E-state index contributed by atoms with van der Waals surface area (Å²) < 4.78 is 8.03. The van der Waals surface area contributed by atoms with E-state index in [-0.39, 0.29) is 0 Å². The summed E-state index contributed by atoms with van der Waals surface area (Å²) in [5.41, 5.74) is 0. The van der Waals surface area contributed by atoms with Gasteiger partial charge in [-0.1, -0.05) is 26.2 Å². The summed E-state index contributed by atoms with van der Waals surface area (Å²) >= 11 is 0. The van der Waals surface area contributed by atoms with Gasteiger partial charge in [0.05, 0.1) is 12.7 Å². The molecule has 1 aromatic rings. The average Bonchev–Trinajstić information content (AvgIpc) is 2.84. The fourth-order valence-electron chi connectivity index (χ4n) is 2.52. The van der Waals surface area contributed by atoms with Gasteiger partial charge in [-0.05, 0) is 19.3 Å². The molecule has 0 bridgehead atoms. The number of nitrogens with zero attached hydrogens (tertiary/aromatic N) is 2. The van der Waals surface area contributed by atoms with E-state index < -0.39 is 0 Å². The highest BCUT2D eigenvalue weighted by molar-refractivity contribution is 5.25. The van der Waals surface area contributed by atoms with E-state index in [0.717, 1.165) is 32.1 Å². The zero-order chi connectivity index (χ0) is 12.6.